The van der Waals surface area contributed by atoms with Crippen LogP contribution in [-0.4, -0.2) is 16.3 Å². The molecule has 1 aromatic carbocycles. The summed E-state index contributed by atoms with van der Waals surface area (Å²) in [6.07, 6.45) is 5.42. The lowest BCUT2D eigenvalue weighted by molar-refractivity contribution is 0.639. The number of hydrogen-bond acceptors (Lipinski definition) is 3. The van der Waals surface area contributed by atoms with Gasteiger partial charge in [-0.25, -0.2) is 4.68 Å². The molecule has 0 bridgehead atoms. The van der Waals surface area contributed by atoms with Crippen molar-refractivity contribution >= 4 is 17.3 Å². The highest BCUT2D eigenvalue weighted by atomic mass is 35.5. The summed E-state index contributed by atoms with van der Waals surface area (Å²) in [4.78, 5) is 12.2. The Balaban J connectivity index is 1.71. The molecule has 3 rings (SSSR count). The first kappa shape index (κ1) is 14.1. The number of benzene rings is 1. The van der Waals surface area contributed by atoms with Gasteiger partial charge in [-0.15, -0.1) is 0 Å². The predicted octanol–water partition coefficient (Wildman–Crippen LogP) is 3.16. The largest absolute Gasteiger partial charge is 0.382 e. The number of nitrogens with one attached hydrogen (secondary N) is 1. The Bertz CT molecular complexity index is 665. The minimum absolute atomic E-state index is 0.219. The Morgan fingerprint density at radius 1 is 1.29 bits per heavy atom. The molecular formula is C16H18ClN3O. The van der Waals surface area contributed by atoms with Crippen LogP contribution < -0.4 is 10.9 Å². The fourth-order valence-corrected chi connectivity index (χ4v) is 2.49. The van der Waals surface area contributed by atoms with Crippen LogP contribution in [0.2, 0.25) is 5.02 Å². The molecule has 1 aliphatic carbocycles. The zero-order valence-electron chi connectivity index (χ0n) is 11.8. The molecule has 0 unspecified atom stereocenters. The average molecular weight is 304 g/mol. The molecule has 0 amide bonds. The van der Waals surface area contributed by atoms with Gasteiger partial charge in [-0.3, -0.25) is 4.79 Å². The summed E-state index contributed by atoms with van der Waals surface area (Å²) < 4.78 is 1.39. The van der Waals surface area contributed by atoms with E-state index in [0.29, 0.717) is 12.2 Å². The minimum atomic E-state index is -0.253. The normalized spacial score (nSPS) is 14.1. The van der Waals surface area contributed by atoms with Crippen LogP contribution in [0, 0.1) is 5.92 Å². The predicted molar refractivity (Wildman–Crippen MR) is 84.9 cm³/mol. The molecule has 4 nitrogen and oxygen atoms in total. The van der Waals surface area contributed by atoms with E-state index in [9.17, 15) is 4.79 Å². The molecule has 0 spiro atoms. The highest BCUT2D eigenvalue weighted by Crippen LogP contribution is 2.32. The van der Waals surface area contributed by atoms with E-state index in [0.717, 1.165) is 24.4 Å². The first-order valence-electron chi connectivity index (χ1n) is 7.27. The summed E-state index contributed by atoms with van der Waals surface area (Å²) in [6.45, 7) is 1.27. The van der Waals surface area contributed by atoms with Gasteiger partial charge in [0.2, 0.25) is 0 Å². The Hall–Kier alpha value is -1.81. The van der Waals surface area contributed by atoms with Gasteiger partial charge in [0.15, 0.2) is 0 Å². The monoisotopic (exact) mass is 303 g/mol. The van der Waals surface area contributed by atoms with E-state index in [-0.39, 0.29) is 10.6 Å². The van der Waals surface area contributed by atoms with Crippen LogP contribution in [0.1, 0.15) is 24.8 Å². The molecule has 5 heteroatoms. The van der Waals surface area contributed by atoms with Crippen LogP contribution in [0.4, 0.5) is 5.69 Å². The first-order valence-corrected chi connectivity index (χ1v) is 7.65. The van der Waals surface area contributed by atoms with Crippen molar-refractivity contribution in [1.82, 2.24) is 9.78 Å². The summed E-state index contributed by atoms with van der Waals surface area (Å²) in [6, 6.07) is 9.75. The number of nitrogens with zero attached hydrogens (tertiary/aromatic N) is 2. The second-order valence-corrected chi connectivity index (χ2v) is 5.86. The van der Waals surface area contributed by atoms with Crippen LogP contribution in [0.5, 0.6) is 0 Å². The maximum atomic E-state index is 12.2. The summed E-state index contributed by atoms with van der Waals surface area (Å²) in [5, 5.41) is 7.63. The Labute approximate surface area is 128 Å². The lowest BCUT2D eigenvalue weighted by atomic mass is 10.2. The summed E-state index contributed by atoms with van der Waals surface area (Å²) in [7, 11) is 0. The molecular weight excluding hydrogens is 286 g/mol. The van der Waals surface area contributed by atoms with E-state index in [1.165, 1.54) is 17.5 Å². The number of halogens is 1. The van der Waals surface area contributed by atoms with Crippen molar-refractivity contribution in [2.24, 2.45) is 5.92 Å². The van der Waals surface area contributed by atoms with Gasteiger partial charge in [0.1, 0.15) is 5.02 Å². The molecule has 1 fully saturated rings. The fraction of sp³-hybridized carbons (Fsp3) is 0.375. The summed E-state index contributed by atoms with van der Waals surface area (Å²) >= 11 is 6.16. The Morgan fingerprint density at radius 2 is 2.05 bits per heavy atom. The van der Waals surface area contributed by atoms with Crippen molar-refractivity contribution in [1.29, 1.82) is 0 Å². The Morgan fingerprint density at radius 3 is 2.76 bits per heavy atom. The second kappa shape index (κ2) is 6.31. The van der Waals surface area contributed by atoms with Gasteiger partial charge in [-0.05, 0) is 17.9 Å². The van der Waals surface area contributed by atoms with Crippen LogP contribution in [-0.2, 0) is 6.54 Å². The van der Waals surface area contributed by atoms with Gasteiger partial charge in [-0.1, -0.05) is 54.8 Å². The zero-order valence-corrected chi connectivity index (χ0v) is 12.5. The van der Waals surface area contributed by atoms with Crippen molar-refractivity contribution in [3.63, 3.8) is 0 Å². The van der Waals surface area contributed by atoms with Crippen molar-refractivity contribution < 1.29 is 0 Å². The maximum absolute atomic E-state index is 12.2. The molecule has 1 saturated carbocycles. The van der Waals surface area contributed by atoms with E-state index in [1.54, 1.807) is 6.20 Å². The third-order valence-corrected chi connectivity index (χ3v) is 4.09. The van der Waals surface area contributed by atoms with Crippen molar-refractivity contribution in [2.75, 3.05) is 11.9 Å². The smallest absolute Gasteiger partial charge is 0.287 e. The van der Waals surface area contributed by atoms with E-state index in [4.69, 9.17) is 11.6 Å². The highest BCUT2D eigenvalue weighted by Gasteiger charge is 2.20. The molecule has 1 N–H and O–H groups in total. The van der Waals surface area contributed by atoms with Gasteiger partial charge in [0, 0.05) is 6.54 Å². The number of rotatable bonds is 6. The van der Waals surface area contributed by atoms with Crippen molar-refractivity contribution in [2.45, 2.75) is 25.8 Å². The molecule has 1 aliphatic rings. The quantitative estimate of drug-likeness (QED) is 0.891. The average Bonchev–Trinajstić information content (AvgIpc) is 3.32. The SMILES string of the molecule is O=c1c(Cl)c(NCCC2CC2)cnn1Cc1ccccc1. The molecule has 110 valence electrons. The summed E-state index contributed by atoms with van der Waals surface area (Å²) in [5.41, 5.74) is 1.40. The molecule has 0 aliphatic heterocycles. The molecule has 2 aromatic rings. The molecule has 21 heavy (non-hydrogen) atoms. The van der Waals surface area contributed by atoms with Crippen LogP contribution in [0.25, 0.3) is 0 Å². The van der Waals surface area contributed by atoms with Gasteiger partial charge in [-0.2, -0.15) is 5.10 Å². The lowest BCUT2D eigenvalue weighted by Gasteiger charge is -2.10. The molecule has 0 atom stereocenters. The van der Waals surface area contributed by atoms with Crippen molar-refractivity contribution in [3.8, 4) is 0 Å². The van der Waals surface area contributed by atoms with Gasteiger partial charge < -0.3 is 5.32 Å². The first-order chi connectivity index (χ1) is 10.2. The van der Waals surface area contributed by atoms with E-state index in [2.05, 4.69) is 10.4 Å². The third kappa shape index (κ3) is 3.64. The number of hydrogen-bond donors (Lipinski definition) is 1. The second-order valence-electron chi connectivity index (χ2n) is 5.48. The van der Waals surface area contributed by atoms with E-state index in [1.807, 2.05) is 30.3 Å². The number of aromatic nitrogens is 2. The van der Waals surface area contributed by atoms with Gasteiger partial charge >= 0.3 is 0 Å². The standard InChI is InChI=1S/C16H18ClN3O/c17-15-14(18-9-8-12-6-7-12)10-19-20(16(15)21)11-13-4-2-1-3-5-13/h1-5,10,12,18H,6-9,11H2. The van der Waals surface area contributed by atoms with E-state index >= 15 is 0 Å². The fourth-order valence-electron chi connectivity index (χ4n) is 2.27. The third-order valence-electron chi connectivity index (χ3n) is 3.73. The number of anilines is 1. The van der Waals surface area contributed by atoms with E-state index < -0.39 is 0 Å². The molecule has 1 aromatic heterocycles. The highest BCUT2D eigenvalue weighted by molar-refractivity contribution is 6.32. The minimum Gasteiger partial charge on any atom is -0.382 e. The molecule has 0 radical (unpaired) electrons. The maximum Gasteiger partial charge on any atom is 0.287 e. The lowest BCUT2D eigenvalue weighted by Crippen LogP contribution is -2.25. The Kier molecular flexibility index (Phi) is 4.25. The zero-order chi connectivity index (χ0) is 14.7. The van der Waals surface area contributed by atoms with Gasteiger partial charge in [0.25, 0.3) is 5.56 Å². The van der Waals surface area contributed by atoms with Crippen LogP contribution >= 0.6 is 11.6 Å². The van der Waals surface area contributed by atoms with Crippen LogP contribution in [0.3, 0.4) is 0 Å². The molecule has 0 saturated heterocycles. The van der Waals surface area contributed by atoms with Gasteiger partial charge in [0.05, 0.1) is 18.4 Å². The van der Waals surface area contributed by atoms with Crippen molar-refractivity contribution in [3.05, 3.63) is 57.5 Å². The summed E-state index contributed by atoms with van der Waals surface area (Å²) in [5.74, 6) is 0.850. The van der Waals surface area contributed by atoms with Crippen LogP contribution in [0.15, 0.2) is 41.3 Å². The topological polar surface area (TPSA) is 46.9 Å². The molecule has 1 heterocycles.